The van der Waals surface area contributed by atoms with Crippen LogP contribution in [0.5, 0.6) is 0 Å². The number of benzene rings is 1. The molecule has 0 radical (unpaired) electrons. The number of nitrogens with zero attached hydrogens (tertiary/aromatic N) is 1. The summed E-state index contributed by atoms with van der Waals surface area (Å²) in [5.74, 6) is -1.64. The number of rotatable bonds is 1. The molecule has 0 bridgehead atoms. The minimum atomic E-state index is -1.17. The largest absolute Gasteiger partial charge is 0.478 e. The fourth-order valence-electron chi connectivity index (χ4n) is 1.32. The summed E-state index contributed by atoms with van der Waals surface area (Å²) < 4.78 is 13.4. The highest BCUT2D eigenvalue weighted by molar-refractivity contribution is 9.10. The Bertz CT molecular complexity index is 603. The number of halogens is 3. The van der Waals surface area contributed by atoms with Gasteiger partial charge in [-0.15, -0.1) is 0 Å². The average molecular weight is 305 g/mol. The lowest BCUT2D eigenvalue weighted by Crippen LogP contribution is -1.99. The van der Waals surface area contributed by atoms with E-state index in [9.17, 15) is 9.18 Å². The van der Waals surface area contributed by atoms with E-state index in [1.807, 2.05) is 0 Å². The molecular formula is C10H4BrClFNO2. The summed E-state index contributed by atoms with van der Waals surface area (Å²) in [6.07, 6.45) is 1.11. The van der Waals surface area contributed by atoms with Gasteiger partial charge >= 0.3 is 5.97 Å². The molecule has 2 aromatic rings. The normalized spacial score (nSPS) is 10.7. The van der Waals surface area contributed by atoms with Gasteiger partial charge in [-0.05, 0) is 28.1 Å². The number of aromatic carboxylic acids is 1. The molecule has 1 N–H and O–H groups in total. The molecule has 1 aromatic carbocycles. The topological polar surface area (TPSA) is 50.2 Å². The standard InChI is InChI=1S/C10H4BrClFNO2/c11-7-6(13)2-1-4-8(12)5(10(15)16)3-14-9(4)7/h1-3H,(H,15,16). The van der Waals surface area contributed by atoms with Crippen LogP contribution in [0.15, 0.2) is 22.8 Å². The fourth-order valence-corrected chi connectivity index (χ4v) is 2.05. The lowest BCUT2D eigenvalue weighted by atomic mass is 10.1. The third-order valence-corrected chi connectivity index (χ3v) is 3.26. The van der Waals surface area contributed by atoms with Gasteiger partial charge < -0.3 is 5.11 Å². The third-order valence-electron chi connectivity index (χ3n) is 2.10. The van der Waals surface area contributed by atoms with Crippen molar-refractivity contribution in [3.05, 3.63) is 39.2 Å². The van der Waals surface area contributed by atoms with Crippen LogP contribution in [0.3, 0.4) is 0 Å². The Morgan fingerprint density at radius 3 is 2.81 bits per heavy atom. The molecule has 0 spiro atoms. The van der Waals surface area contributed by atoms with Gasteiger partial charge in [-0.1, -0.05) is 11.6 Å². The first kappa shape index (κ1) is 11.3. The van der Waals surface area contributed by atoms with E-state index in [-0.39, 0.29) is 15.1 Å². The van der Waals surface area contributed by atoms with Crippen LogP contribution >= 0.6 is 27.5 Å². The zero-order chi connectivity index (χ0) is 11.9. The third kappa shape index (κ3) is 1.66. The van der Waals surface area contributed by atoms with Crippen LogP contribution < -0.4 is 0 Å². The maximum atomic E-state index is 13.2. The van der Waals surface area contributed by atoms with Crippen molar-refractivity contribution in [2.75, 3.05) is 0 Å². The van der Waals surface area contributed by atoms with Crippen LogP contribution in [-0.2, 0) is 0 Å². The second kappa shape index (κ2) is 3.99. The molecule has 0 aliphatic rings. The van der Waals surface area contributed by atoms with Crippen LogP contribution in [0.2, 0.25) is 5.02 Å². The molecule has 82 valence electrons. The molecule has 0 fully saturated rings. The molecule has 0 saturated carbocycles. The fraction of sp³-hybridized carbons (Fsp3) is 0. The van der Waals surface area contributed by atoms with Gasteiger partial charge in [-0.2, -0.15) is 0 Å². The van der Waals surface area contributed by atoms with E-state index in [1.165, 1.54) is 12.1 Å². The molecule has 0 amide bonds. The van der Waals surface area contributed by atoms with E-state index in [1.54, 1.807) is 0 Å². The van der Waals surface area contributed by atoms with Crippen LogP contribution in [-0.4, -0.2) is 16.1 Å². The molecule has 0 atom stereocenters. The van der Waals surface area contributed by atoms with Gasteiger partial charge in [0.05, 0.1) is 20.6 Å². The lowest BCUT2D eigenvalue weighted by Gasteiger charge is -2.05. The van der Waals surface area contributed by atoms with Crippen molar-refractivity contribution in [2.45, 2.75) is 0 Å². The predicted molar refractivity (Wildman–Crippen MR) is 61.4 cm³/mol. The van der Waals surface area contributed by atoms with E-state index in [0.717, 1.165) is 6.20 Å². The first-order chi connectivity index (χ1) is 7.52. The van der Waals surface area contributed by atoms with E-state index in [2.05, 4.69) is 20.9 Å². The highest BCUT2D eigenvalue weighted by Gasteiger charge is 2.15. The zero-order valence-corrected chi connectivity index (χ0v) is 10.0. The number of fused-ring (bicyclic) bond motifs is 1. The summed E-state index contributed by atoms with van der Waals surface area (Å²) in [7, 11) is 0. The Morgan fingerprint density at radius 1 is 1.50 bits per heavy atom. The summed E-state index contributed by atoms with van der Waals surface area (Å²) in [5, 5.41) is 9.29. The Balaban J connectivity index is 2.87. The van der Waals surface area contributed by atoms with Crippen molar-refractivity contribution in [1.29, 1.82) is 0 Å². The Kier molecular flexibility index (Phi) is 2.82. The minimum absolute atomic E-state index is 0.0539. The summed E-state index contributed by atoms with van der Waals surface area (Å²) in [6, 6.07) is 2.60. The van der Waals surface area contributed by atoms with Gasteiger partial charge in [0, 0.05) is 11.6 Å². The number of carboxylic acids is 1. The zero-order valence-electron chi connectivity index (χ0n) is 7.67. The van der Waals surface area contributed by atoms with E-state index >= 15 is 0 Å². The number of carbonyl (C=O) groups is 1. The predicted octanol–water partition coefficient (Wildman–Crippen LogP) is 3.49. The van der Waals surface area contributed by atoms with Crippen LogP contribution in [0.1, 0.15) is 10.4 Å². The van der Waals surface area contributed by atoms with E-state index in [0.29, 0.717) is 10.9 Å². The minimum Gasteiger partial charge on any atom is -0.478 e. The molecule has 3 nitrogen and oxygen atoms in total. The second-order valence-electron chi connectivity index (χ2n) is 3.05. The second-order valence-corrected chi connectivity index (χ2v) is 4.22. The summed E-state index contributed by atoms with van der Waals surface area (Å²) in [6.45, 7) is 0. The number of pyridine rings is 1. The molecule has 0 unspecified atom stereocenters. The van der Waals surface area contributed by atoms with Gasteiger partial charge in [0.15, 0.2) is 0 Å². The van der Waals surface area contributed by atoms with Crippen LogP contribution in [0.25, 0.3) is 10.9 Å². The van der Waals surface area contributed by atoms with Gasteiger partial charge in [-0.3, -0.25) is 4.98 Å². The average Bonchev–Trinajstić information content (AvgIpc) is 2.23. The summed E-state index contributed by atoms with van der Waals surface area (Å²) >= 11 is 8.93. The summed E-state index contributed by atoms with van der Waals surface area (Å²) in [4.78, 5) is 14.7. The Morgan fingerprint density at radius 2 is 2.19 bits per heavy atom. The quantitative estimate of drug-likeness (QED) is 0.877. The number of hydrogen-bond acceptors (Lipinski definition) is 2. The number of hydrogen-bond donors (Lipinski definition) is 1. The van der Waals surface area contributed by atoms with Gasteiger partial charge in [-0.25, -0.2) is 9.18 Å². The van der Waals surface area contributed by atoms with Crippen molar-refractivity contribution in [2.24, 2.45) is 0 Å². The van der Waals surface area contributed by atoms with Gasteiger partial charge in [0.2, 0.25) is 0 Å². The van der Waals surface area contributed by atoms with Crippen molar-refractivity contribution in [1.82, 2.24) is 4.98 Å². The van der Waals surface area contributed by atoms with Crippen LogP contribution in [0, 0.1) is 5.82 Å². The van der Waals surface area contributed by atoms with Crippen molar-refractivity contribution in [3.8, 4) is 0 Å². The molecule has 1 aromatic heterocycles. The van der Waals surface area contributed by atoms with Crippen LogP contribution in [0.4, 0.5) is 4.39 Å². The first-order valence-electron chi connectivity index (χ1n) is 4.18. The smallest absolute Gasteiger partial charge is 0.338 e. The number of carboxylic acid groups (broad SMARTS) is 1. The SMILES string of the molecule is O=C(O)c1cnc2c(Br)c(F)ccc2c1Cl. The molecule has 0 aliphatic heterocycles. The van der Waals surface area contributed by atoms with Crippen molar-refractivity contribution >= 4 is 44.4 Å². The van der Waals surface area contributed by atoms with E-state index < -0.39 is 11.8 Å². The maximum absolute atomic E-state index is 13.2. The first-order valence-corrected chi connectivity index (χ1v) is 5.35. The molecule has 1 heterocycles. The Hall–Kier alpha value is -1.20. The molecule has 2 rings (SSSR count). The van der Waals surface area contributed by atoms with Gasteiger partial charge in [0.1, 0.15) is 5.82 Å². The monoisotopic (exact) mass is 303 g/mol. The van der Waals surface area contributed by atoms with E-state index in [4.69, 9.17) is 16.7 Å². The highest BCUT2D eigenvalue weighted by Crippen LogP contribution is 2.31. The summed E-state index contributed by atoms with van der Waals surface area (Å²) in [5.41, 5.74) is 0.197. The maximum Gasteiger partial charge on any atom is 0.338 e. The number of aromatic nitrogens is 1. The van der Waals surface area contributed by atoms with Crippen molar-refractivity contribution < 1.29 is 14.3 Å². The molecule has 0 aliphatic carbocycles. The lowest BCUT2D eigenvalue weighted by molar-refractivity contribution is 0.0697. The molecule has 16 heavy (non-hydrogen) atoms. The van der Waals surface area contributed by atoms with Crippen molar-refractivity contribution in [3.63, 3.8) is 0 Å². The molecular weight excluding hydrogens is 300 g/mol. The molecule has 0 saturated heterocycles. The highest BCUT2D eigenvalue weighted by atomic mass is 79.9. The van der Waals surface area contributed by atoms with Gasteiger partial charge in [0.25, 0.3) is 0 Å². The Labute approximate surface area is 103 Å². The molecule has 6 heteroatoms.